The van der Waals surface area contributed by atoms with E-state index in [4.69, 9.17) is 0 Å². The third kappa shape index (κ3) is 2.13. The van der Waals surface area contributed by atoms with Gasteiger partial charge in [-0.2, -0.15) is 0 Å². The van der Waals surface area contributed by atoms with Gasteiger partial charge in [-0.25, -0.2) is 0 Å². The average Bonchev–Trinajstić information content (AvgIpc) is 2.17. The molecule has 1 aromatic rings. The Morgan fingerprint density at radius 3 is 2.62 bits per heavy atom. The number of fused-ring (bicyclic) bond motifs is 1. The molecule has 88 valence electrons. The van der Waals surface area contributed by atoms with Crippen molar-refractivity contribution in [3.05, 3.63) is 34.9 Å². The molecule has 1 aromatic carbocycles. The lowest BCUT2D eigenvalue weighted by atomic mass is 9.89. The summed E-state index contributed by atoms with van der Waals surface area (Å²) in [7, 11) is 2.16. The molecule has 16 heavy (non-hydrogen) atoms. The van der Waals surface area contributed by atoms with Crippen LogP contribution in [0.15, 0.2) is 18.2 Å². The van der Waals surface area contributed by atoms with Gasteiger partial charge >= 0.3 is 0 Å². The molecule has 1 N–H and O–H groups in total. The highest BCUT2D eigenvalue weighted by atomic mass is 16.3. The Balaban J connectivity index is 2.37. The van der Waals surface area contributed by atoms with E-state index in [0.717, 1.165) is 18.5 Å². The number of nitrogens with zero attached hydrogens (tertiary/aromatic N) is 1. The topological polar surface area (TPSA) is 23.5 Å². The van der Waals surface area contributed by atoms with Crippen molar-refractivity contribution in [2.45, 2.75) is 45.4 Å². The first-order chi connectivity index (χ1) is 7.38. The van der Waals surface area contributed by atoms with E-state index in [0.29, 0.717) is 6.04 Å². The van der Waals surface area contributed by atoms with Gasteiger partial charge in [-0.3, -0.25) is 4.90 Å². The Bertz CT molecular complexity index is 392. The lowest BCUT2D eigenvalue weighted by Gasteiger charge is -2.32. The molecule has 1 aliphatic heterocycles. The van der Waals surface area contributed by atoms with Gasteiger partial charge in [-0.15, -0.1) is 0 Å². The molecule has 2 rings (SSSR count). The average molecular weight is 219 g/mol. The molecule has 2 heteroatoms. The van der Waals surface area contributed by atoms with Crippen molar-refractivity contribution in [1.82, 2.24) is 4.90 Å². The molecule has 0 amide bonds. The van der Waals surface area contributed by atoms with Crippen LogP contribution in [0.5, 0.6) is 0 Å². The summed E-state index contributed by atoms with van der Waals surface area (Å²) in [6, 6.07) is 6.96. The van der Waals surface area contributed by atoms with Crippen LogP contribution < -0.4 is 0 Å². The number of benzene rings is 1. The molecule has 1 atom stereocenters. The summed E-state index contributed by atoms with van der Waals surface area (Å²) in [5.41, 5.74) is 3.07. The van der Waals surface area contributed by atoms with Crippen molar-refractivity contribution in [3.63, 3.8) is 0 Å². The number of hydrogen-bond acceptors (Lipinski definition) is 2. The van der Waals surface area contributed by atoms with E-state index >= 15 is 0 Å². The number of likely N-dealkylation sites (N-methyl/N-ethyl adjacent to an activating group) is 1. The van der Waals surface area contributed by atoms with Gasteiger partial charge in [0.15, 0.2) is 0 Å². The van der Waals surface area contributed by atoms with E-state index in [2.05, 4.69) is 31.0 Å². The first-order valence-corrected chi connectivity index (χ1v) is 5.93. The summed E-state index contributed by atoms with van der Waals surface area (Å²) in [6.07, 6.45) is 1.08. The van der Waals surface area contributed by atoms with Crippen molar-refractivity contribution in [2.24, 2.45) is 0 Å². The van der Waals surface area contributed by atoms with Crippen molar-refractivity contribution >= 4 is 0 Å². The van der Waals surface area contributed by atoms with Crippen molar-refractivity contribution in [2.75, 3.05) is 7.05 Å². The fourth-order valence-corrected chi connectivity index (χ4v) is 2.25. The summed E-state index contributed by atoms with van der Waals surface area (Å²) in [6.45, 7) is 6.95. The van der Waals surface area contributed by atoms with Crippen LogP contribution in [-0.2, 0) is 18.6 Å². The van der Waals surface area contributed by atoms with Crippen LogP contribution in [-0.4, -0.2) is 23.1 Å². The molecular formula is C14H21NO. The summed E-state index contributed by atoms with van der Waals surface area (Å²) in [5, 5.41) is 10.00. The summed E-state index contributed by atoms with van der Waals surface area (Å²) >= 11 is 0. The maximum Gasteiger partial charge on any atom is 0.0840 e. The van der Waals surface area contributed by atoms with Gasteiger partial charge < -0.3 is 5.11 Å². The molecule has 0 saturated carbocycles. The minimum Gasteiger partial charge on any atom is -0.386 e. The van der Waals surface area contributed by atoms with E-state index < -0.39 is 5.60 Å². The minimum absolute atomic E-state index is 0.588. The van der Waals surface area contributed by atoms with Crippen molar-refractivity contribution < 1.29 is 5.11 Å². The fraction of sp³-hybridized carbons (Fsp3) is 0.571. The standard InChI is InChI=1S/C14H21NO/c1-10-7-12-8-13(14(2,3)16)6-5-11(12)9-15(10)4/h5-6,8,10,16H,7,9H2,1-4H3. The second-order valence-corrected chi connectivity index (χ2v) is 5.51. The highest BCUT2D eigenvalue weighted by molar-refractivity contribution is 5.36. The monoisotopic (exact) mass is 219 g/mol. The van der Waals surface area contributed by atoms with Crippen molar-refractivity contribution in [1.29, 1.82) is 0 Å². The molecule has 1 unspecified atom stereocenters. The van der Waals surface area contributed by atoms with Crippen LogP contribution in [0.4, 0.5) is 0 Å². The van der Waals surface area contributed by atoms with Crippen molar-refractivity contribution in [3.8, 4) is 0 Å². The second kappa shape index (κ2) is 3.86. The third-order valence-electron chi connectivity index (χ3n) is 3.60. The first-order valence-electron chi connectivity index (χ1n) is 5.93. The number of hydrogen-bond donors (Lipinski definition) is 1. The van der Waals surface area contributed by atoms with Crippen LogP contribution in [0.3, 0.4) is 0 Å². The zero-order chi connectivity index (χ0) is 11.9. The maximum absolute atomic E-state index is 10.00. The fourth-order valence-electron chi connectivity index (χ4n) is 2.25. The smallest absolute Gasteiger partial charge is 0.0840 e. The van der Waals surface area contributed by atoms with Crippen LogP contribution in [0, 0.1) is 0 Å². The predicted molar refractivity (Wildman–Crippen MR) is 66.3 cm³/mol. The van der Waals surface area contributed by atoms with Crippen LogP contribution >= 0.6 is 0 Å². The second-order valence-electron chi connectivity index (χ2n) is 5.51. The van der Waals surface area contributed by atoms with Gasteiger partial charge in [0.25, 0.3) is 0 Å². The quantitative estimate of drug-likeness (QED) is 0.783. The highest BCUT2D eigenvalue weighted by Crippen LogP contribution is 2.27. The molecule has 0 aliphatic carbocycles. The Morgan fingerprint density at radius 1 is 1.31 bits per heavy atom. The largest absolute Gasteiger partial charge is 0.386 e. The van der Waals surface area contributed by atoms with Gasteiger partial charge in [0.05, 0.1) is 5.60 Å². The molecule has 2 nitrogen and oxygen atoms in total. The van der Waals surface area contributed by atoms with Crippen LogP contribution in [0.1, 0.15) is 37.5 Å². The molecule has 0 spiro atoms. The van der Waals surface area contributed by atoms with Crippen LogP contribution in [0.25, 0.3) is 0 Å². The van der Waals surface area contributed by atoms with E-state index in [1.165, 1.54) is 11.1 Å². The summed E-state index contributed by atoms with van der Waals surface area (Å²) in [5.74, 6) is 0. The minimum atomic E-state index is -0.735. The van der Waals surface area contributed by atoms with E-state index in [-0.39, 0.29) is 0 Å². The van der Waals surface area contributed by atoms with Gasteiger partial charge in [0.1, 0.15) is 0 Å². The predicted octanol–water partition coefficient (Wildman–Crippen LogP) is 2.29. The number of aliphatic hydroxyl groups is 1. The molecule has 0 aromatic heterocycles. The molecular weight excluding hydrogens is 198 g/mol. The molecule has 0 radical (unpaired) electrons. The van der Waals surface area contributed by atoms with Gasteiger partial charge in [0.2, 0.25) is 0 Å². The third-order valence-corrected chi connectivity index (χ3v) is 3.60. The first kappa shape index (κ1) is 11.6. The Kier molecular flexibility index (Phi) is 2.81. The molecule has 0 bridgehead atoms. The molecule has 0 fully saturated rings. The SMILES string of the molecule is CC1Cc2cc(C(C)(C)O)ccc2CN1C. The zero-order valence-electron chi connectivity index (χ0n) is 10.6. The van der Waals surface area contributed by atoms with E-state index in [1.807, 2.05) is 19.9 Å². The maximum atomic E-state index is 10.00. The van der Waals surface area contributed by atoms with Gasteiger partial charge in [-0.05, 0) is 50.9 Å². The molecule has 1 heterocycles. The molecule has 0 saturated heterocycles. The lowest BCUT2D eigenvalue weighted by molar-refractivity contribution is 0.0783. The summed E-state index contributed by atoms with van der Waals surface area (Å²) < 4.78 is 0. The summed E-state index contributed by atoms with van der Waals surface area (Å²) in [4.78, 5) is 2.37. The Morgan fingerprint density at radius 2 is 2.00 bits per heavy atom. The van der Waals surface area contributed by atoms with Gasteiger partial charge in [0, 0.05) is 12.6 Å². The Labute approximate surface area is 97.9 Å². The highest BCUT2D eigenvalue weighted by Gasteiger charge is 2.22. The van der Waals surface area contributed by atoms with E-state index in [9.17, 15) is 5.11 Å². The normalized spacial score (nSPS) is 21.9. The van der Waals surface area contributed by atoms with Crippen LogP contribution in [0.2, 0.25) is 0 Å². The lowest BCUT2D eigenvalue weighted by Crippen LogP contribution is -2.35. The Hall–Kier alpha value is -0.860. The van der Waals surface area contributed by atoms with E-state index in [1.54, 1.807) is 0 Å². The van der Waals surface area contributed by atoms with Gasteiger partial charge in [-0.1, -0.05) is 18.2 Å². The molecule has 1 aliphatic rings. The number of rotatable bonds is 1. The zero-order valence-corrected chi connectivity index (χ0v) is 10.6.